The van der Waals surface area contributed by atoms with Crippen molar-refractivity contribution in [1.82, 2.24) is 9.55 Å². The second-order valence-electron chi connectivity index (χ2n) is 7.86. The van der Waals surface area contributed by atoms with Crippen LogP contribution in [0.2, 0.25) is 19.1 Å². The number of unbranched alkanes of at least 4 members (excludes halogenated alkanes) is 1. The number of amides is 1. The van der Waals surface area contributed by atoms with Crippen molar-refractivity contribution in [2.75, 3.05) is 18.1 Å². The number of carbonyl (C=O) groups is 1. The second-order valence-corrected chi connectivity index (χ2v) is 12.2. The summed E-state index contributed by atoms with van der Waals surface area (Å²) in [5.74, 6) is -0.481. The maximum atomic E-state index is 14.7. The third kappa shape index (κ3) is 5.23. The van der Waals surface area contributed by atoms with Crippen LogP contribution in [0.25, 0.3) is 5.69 Å². The lowest BCUT2D eigenvalue weighted by Crippen LogP contribution is -2.29. The maximum absolute atomic E-state index is 14.7. The zero-order chi connectivity index (χ0) is 21.0. The van der Waals surface area contributed by atoms with Crippen molar-refractivity contribution in [2.24, 2.45) is 0 Å². The molecule has 3 rings (SSSR count). The van der Waals surface area contributed by atoms with Crippen LogP contribution in [0.3, 0.4) is 0 Å². The number of carbonyl (C=O) groups excluding carboxylic acids is 1. The zero-order valence-corrected chi connectivity index (χ0v) is 18.1. The van der Waals surface area contributed by atoms with E-state index in [0.29, 0.717) is 18.0 Å². The first-order valence-electron chi connectivity index (χ1n) is 9.88. The standard InChI is InChI=1S/C20H28FN3O4Si/c1-4-5-8-29(2,3)27-13-15-10-23(14-22-15)19-7-6-16(9-18(19)21)24-11-17(12-25)28-20(24)26/h6-7,9-10,14,17,25H,4-5,8,11-13H2,1-3H3/t17-/m0/s1. The first-order chi connectivity index (χ1) is 13.8. The van der Waals surface area contributed by atoms with E-state index in [0.717, 1.165) is 24.6 Å². The molecule has 7 nitrogen and oxygen atoms in total. The van der Waals surface area contributed by atoms with Crippen LogP contribution in [0.1, 0.15) is 25.5 Å². The molecule has 0 saturated carbocycles. The summed E-state index contributed by atoms with van der Waals surface area (Å²) >= 11 is 0. The van der Waals surface area contributed by atoms with Crippen LogP contribution in [0.5, 0.6) is 0 Å². The minimum absolute atomic E-state index is 0.193. The quantitative estimate of drug-likeness (QED) is 0.623. The Kier molecular flexibility index (Phi) is 6.71. The van der Waals surface area contributed by atoms with Crippen LogP contribution in [0.4, 0.5) is 14.9 Å². The molecule has 1 saturated heterocycles. The van der Waals surface area contributed by atoms with E-state index in [2.05, 4.69) is 25.0 Å². The SMILES string of the molecule is CCCC[Si](C)(C)OCc1cn(-c2ccc(N3C[C@@H](CO)OC3=O)cc2F)cn1. The summed E-state index contributed by atoms with van der Waals surface area (Å²) in [6, 6.07) is 5.64. The van der Waals surface area contributed by atoms with E-state index in [-0.39, 0.29) is 13.2 Å². The van der Waals surface area contributed by atoms with Gasteiger partial charge in [0.05, 0.1) is 43.2 Å². The van der Waals surface area contributed by atoms with Crippen LogP contribution in [0, 0.1) is 5.82 Å². The lowest BCUT2D eigenvalue weighted by Gasteiger charge is -2.21. The highest BCUT2D eigenvalue weighted by atomic mass is 28.4. The largest absolute Gasteiger partial charge is 0.441 e. The summed E-state index contributed by atoms with van der Waals surface area (Å²) in [5.41, 5.74) is 1.47. The molecule has 9 heteroatoms. The predicted octanol–water partition coefficient (Wildman–Crippen LogP) is 3.85. The van der Waals surface area contributed by atoms with Gasteiger partial charge in [0.15, 0.2) is 8.32 Å². The van der Waals surface area contributed by atoms with E-state index < -0.39 is 26.3 Å². The molecule has 2 heterocycles. The fourth-order valence-electron chi connectivity index (χ4n) is 3.21. The lowest BCUT2D eigenvalue weighted by atomic mass is 10.2. The number of anilines is 1. The van der Waals surface area contributed by atoms with Crippen LogP contribution < -0.4 is 4.90 Å². The van der Waals surface area contributed by atoms with E-state index in [1.54, 1.807) is 29.2 Å². The number of ether oxygens (including phenoxy) is 1. The molecule has 1 N–H and O–H groups in total. The number of imidazole rings is 1. The molecule has 1 aromatic heterocycles. The Bertz CT molecular complexity index is 858. The molecule has 1 fully saturated rings. The molecule has 0 aliphatic carbocycles. The monoisotopic (exact) mass is 421 g/mol. The van der Waals surface area contributed by atoms with Crippen molar-refractivity contribution < 1.29 is 23.5 Å². The molecule has 1 atom stereocenters. The van der Waals surface area contributed by atoms with Crippen molar-refractivity contribution in [3.05, 3.63) is 42.2 Å². The van der Waals surface area contributed by atoms with Crippen LogP contribution >= 0.6 is 0 Å². The molecular weight excluding hydrogens is 393 g/mol. The highest BCUT2D eigenvalue weighted by molar-refractivity contribution is 6.71. The molecule has 158 valence electrons. The molecule has 1 aromatic carbocycles. The highest BCUT2D eigenvalue weighted by Gasteiger charge is 2.32. The molecule has 0 spiro atoms. The number of rotatable bonds is 9. The van der Waals surface area contributed by atoms with Crippen LogP contribution in [-0.2, 0) is 15.8 Å². The summed E-state index contributed by atoms with van der Waals surface area (Å²) in [5, 5.41) is 9.14. The van der Waals surface area contributed by atoms with E-state index in [9.17, 15) is 9.18 Å². The average Bonchev–Trinajstić information content (AvgIpc) is 3.31. The van der Waals surface area contributed by atoms with Crippen LogP contribution in [-0.4, -0.2) is 48.3 Å². The van der Waals surface area contributed by atoms with Gasteiger partial charge >= 0.3 is 6.09 Å². The summed E-state index contributed by atoms with van der Waals surface area (Å²) in [6.45, 7) is 6.91. The Morgan fingerprint density at radius 2 is 2.21 bits per heavy atom. The highest BCUT2D eigenvalue weighted by Crippen LogP contribution is 2.26. The second kappa shape index (κ2) is 9.06. The van der Waals surface area contributed by atoms with Gasteiger partial charge in [0, 0.05) is 6.20 Å². The average molecular weight is 422 g/mol. The van der Waals surface area contributed by atoms with E-state index in [1.807, 2.05) is 0 Å². The third-order valence-corrected chi connectivity index (χ3v) is 7.46. The van der Waals surface area contributed by atoms with E-state index in [4.69, 9.17) is 14.3 Å². The number of hydrogen-bond acceptors (Lipinski definition) is 5. The molecule has 0 bridgehead atoms. The fraction of sp³-hybridized carbons (Fsp3) is 0.500. The van der Waals surface area contributed by atoms with Gasteiger partial charge in [-0.25, -0.2) is 14.2 Å². The summed E-state index contributed by atoms with van der Waals surface area (Å²) in [6.07, 6.45) is 4.45. The Labute approximate surface area is 171 Å². The van der Waals surface area contributed by atoms with Crippen molar-refractivity contribution in [1.29, 1.82) is 0 Å². The number of aromatic nitrogens is 2. The Morgan fingerprint density at radius 1 is 1.41 bits per heavy atom. The van der Waals surface area contributed by atoms with E-state index >= 15 is 0 Å². The number of halogens is 1. The molecule has 29 heavy (non-hydrogen) atoms. The summed E-state index contributed by atoms with van der Waals surface area (Å²) in [7, 11) is -1.72. The molecule has 1 aliphatic heterocycles. The van der Waals surface area contributed by atoms with Gasteiger partial charge in [0.2, 0.25) is 0 Å². The third-order valence-electron chi connectivity index (χ3n) is 4.98. The first-order valence-corrected chi connectivity index (χ1v) is 13.0. The van der Waals surface area contributed by atoms with Gasteiger partial charge in [0.25, 0.3) is 0 Å². The first kappa shape index (κ1) is 21.5. The smallest absolute Gasteiger partial charge is 0.414 e. The topological polar surface area (TPSA) is 76.8 Å². The van der Waals surface area contributed by atoms with Crippen molar-refractivity contribution in [3.63, 3.8) is 0 Å². The van der Waals surface area contributed by atoms with Crippen LogP contribution in [0.15, 0.2) is 30.7 Å². The Morgan fingerprint density at radius 3 is 2.86 bits per heavy atom. The number of cyclic esters (lactones) is 1. The fourth-order valence-corrected chi connectivity index (χ4v) is 5.10. The molecular formula is C20H28FN3O4Si. The number of aliphatic hydroxyl groups is 1. The normalized spacial score (nSPS) is 17.1. The molecule has 2 aromatic rings. The molecule has 1 amide bonds. The molecule has 0 radical (unpaired) electrons. The van der Waals surface area contributed by atoms with Gasteiger partial charge in [-0.05, 0) is 37.3 Å². The number of aliphatic hydroxyl groups excluding tert-OH is 1. The van der Waals surface area contributed by atoms with Crippen molar-refractivity contribution >= 4 is 20.1 Å². The zero-order valence-electron chi connectivity index (χ0n) is 17.1. The van der Waals surface area contributed by atoms with Gasteiger partial charge in [-0.15, -0.1) is 0 Å². The number of hydrogen-bond donors (Lipinski definition) is 1. The Hall–Kier alpha value is -2.23. The summed E-state index contributed by atoms with van der Waals surface area (Å²) in [4.78, 5) is 17.5. The molecule has 1 aliphatic rings. The predicted molar refractivity (Wildman–Crippen MR) is 110 cm³/mol. The minimum atomic E-state index is -1.72. The Balaban J connectivity index is 1.68. The lowest BCUT2D eigenvalue weighted by molar-refractivity contribution is 0.0963. The minimum Gasteiger partial charge on any atom is -0.441 e. The van der Waals surface area contributed by atoms with Gasteiger partial charge in [0.1, 0.15) is 11.9 Å². The van der Waals surface area contributed by atoms with Gasteiger partial charge in [-0.1, -0.05) is 19.8 Å². The number of nitrogens with zero attached hydrogens (tertiary/aromatic N) is 3. The van der Waals surface area contributed by atoms with E-state index in [1.165, 1.54) is 11.0 Å². The maximum Gasteiger partial charge on any atom is 0.414 e. The van der Waals surface area contributed by atoms with Gasteiger partial charge < -0.3 is 18.8 Å². The van der Waals surface area contributed by atoms with Gasteiger partial charge in [-0.2, -0.15) is 0 Å². The molecule has 0 unspecified atom stereocenters. The summed E-state index contributed by atoms with van der Waals surface area (Å²) < 4.78 is 27.4. The van der Waals surface area contributed by atoms with Crippen molar-refractivity contribution in [3.8, 4) is 5.69 Å². The van der Waals surface area contributed by atoms with Crippen molar-refractivity contribution in [2.45, 2.75) is 51.6 Å². The van der Waals surface area contributed by atoms with Gasteiger partial charge in [-0.3, -0.25) is 4.90 Å². The number of benzene rings is 1.